The molecule has 1 heterocycles. The molecule has 0 aromatic carbocycles. The Labute approximate surface area is 85.5 Å². The Morgan fingerprint density at radius 3 is 3.08 bits per heavy atom. The van der Waals surface area contributed by atoms with Crippen LogP contribution in [0.2, 0.25) is 0 Å². The van der Waals surface area contributed by atoms with Crippen LogP contribution in [0.4, 0.5) is 0 Å². The van der Waals surface area contributed by atoms with E-state index in [9.17, 15) is 4.79 Å². The summed E-state index contributed by atoms with van der Waals surface area (Å²) in [7, 11) is 1.89. The summed E-state index contributed by atoms with van der Waals surface area (Å²) in [6.45, 7) is 0. The second-order valence-corrected chi connectivity index (χ2v) is 4.40. The molecule has 0 fully saturated rings. The number of hydrogen-bond acceptors (Lipinski definition) is 3. The average molecular weight is 216 g/mol. The second-order valence-electron chi connectivity index (χ2n) is 2.54. The maximum Gasteiger partial charge on any atom is 0.249 e. The number of thioether (sulfide) groups is 1. The van der Waals surface area contributed by atoms with Crippen LogP contribution in [0.5, 0.6) is 0 Å². The molecular formula is C8H12N2OS2. The summed E-state index contributed by atoms with van der Waals surface area (Å²) in [5.41, 5.74) is 0. The first-order chi connectivity index (χ1) is 6.24. The van der Waals surface area contributed by atoms with Gasteiger partial charge in [-0.2, -0.15) is 16.8 Å². The smallest absolute Gasteiger partial charge is 0.249 e. The van der Waals surface area contributed by atoms with Crippen LogP contribution in [-0.2, 0) is 11.8 Å². The molecule has 0 N–H and O–H groups in total. The molecule has 1 aromatic heterocycles. The molecule has 1 rings (SSSR count). The molecule has 0 saturated heterocycles. The van der Waals surface area contributed by atoms with Crippen molar-refractivity contribution >= 4 is 29.0 Å². The van der Waals surface area contributed by atoms with E-state index in [1.54, 1.807) is 11.8 Å². The summed E-state index contributed by atoms with van der Waals surface area (Å²) >= 11 is 3.14. The summed E-state index contributed by atoms with van der Waals surface area (Å²) in [5, 5.41) is 1.92. The van der Waals surface area contributed by atoms with E-state index in [1.807, 2.05) is 29.4 Å². The van der Waals surface area contributed by atoms with Crippen molar-refractivity contribution in [1.29, 1.82) is 0 Å². The van der Waals surface area contributed by atoms with Crippen molar-refractivity contribution in [3.05, 3.63) is 16.4 Å². The van der Waals surface area contributed by atoms with Crippen molar-refractivity contribution in [2.24, 2.45) is 12.0 Å². The normalized spacial score (nSPS) is 12.0. The molecule has 0 unspecified atom stereocenters. The largest absolute Gasteiger partial charge is 0.327 e. The minimum Gasteiger partial charge on any atom is -0.327 e. The van der Waals surface area contributed by atoms with Crippen molar-refractivity contribution in [3.8, 4) is 0 Å². The van der Waals surface area contributed by atoms with E-state index in [0.717, 1.165) is 10.6 Å². The molecular weight excluding hydrogens is 204 g/mol. The Bertz CT molecular complexity index is 340. The van der Waals surface area contributed by atoms with Gasteiger partial charge in [-0.3, -0.25) is 4.79 Å². The number of amides is 1. The number of rotatable bonds is 3. The Hall–Kier alpha value is -0.550. The van der Waals surface area contributed by atoms with Gasteiger partial charge in [-0.1, -0.05) is 0 Å². The summed E-state index contributed by atoms with van der Waals surface area (Å²) in [4.78, 5) is 16.0. The molecule has 0 aliphatic heterocycles. The molecule has 13 heavy (non-hydrogen) atoms. The van der Waals surface area contributed by atoms with Gasteiger partial charge in [0.25, 0.3) is 0 Å². The lowest BCUT2D eigenvalue weighted by Gasteiger charge is -1.91. The van der Waals surface area contributed by atoms with Gasteiger partial charge >= 0.3 is 0 Å². The van der Waals surface area contributed by atoms with Gasteiger partial charge in [-0.15, -0.1) is 11.3 Å². The molecule has 1 aromatic rings. The van der Waals surface area contributed by atoms with E-state index < -0.39 is 0 Å². The molecule has 1 amide bonds. The minimum absolute atomic E-state index is 0.0348. The number of nitrogens with zero attached hydrogens (tertiary/aromatic N) is 2. The fourth-order valence-corrected chi connectivity index (χ4v) is 1.91. The lowest BCUT2D eigenvalue weighted by Crippen LogP contribution is -2.12. The predicted molar refractivity (Wildman–Crippen MR) is 56.9 cm³/mol. The van der Waals surface area contributed by atoms with Crippen LogP contribution in [0.3, 0.4) is 0 Å². The molecule has 0 aliphatic carbocycles. The highest BCUT2D eigenvalue weighted by atomic mass is 32.2. The van der Waals surface area contributed by atoms with Gasteiger partial charge in [-0.25, -0.2) is 0 Å². The first-order valence-corrected chi connectivity index (χ1v) is 6.18. The highest BCUT2D eigenvalue weighted by Crippen LogP contribution is 1.96. The van der Waals surface area contributed by atoms with E-state index in [2.05, 4.69) is 4.99 Å². The van der Waals surface area contributed by atoms with E-state index in [4.69, 9.17) is 0 Å². The van der Waals surface area contributed by atoms with Gasteiger partial charge in [0.15, 0.2) is 4.80 Å². The molecule has 72 valence electrons. The quantitative estimate of drug-likeness (QED) is 0.762. The van der Waals surface area contributed by atoms with Gasteiger partial charge in [0.2, 0.25) is 5.91 Å². The first kappa shape index (κ1) is 10.5. The number of aromatic nitrogens is 1. The second kappa shape index (κ2) is 5.24. The third-order valence-electron chi connectivity index (χ3n) is 1.50. The standard InChI is InChI=1S/C8H12N2OS2/c1-10-4-6-13-8(10)9-7(11)3-5-12-2/h4,6H,3,5H2,1-2H3. The maximum absolute atomic E-state index is 11.2. The molecule has 5 heteroatoms. The molecule has 0 atom stereocenters. The van der Waals surface area contributed by atoms with Crippen LogP contribution >= 0.6 is 23.1 Å². The van der Waals surface area contributed by atoms with Crippen molar-refractivity contribution in [2.45, 2.75) is 6.42 Å². The molecule has 0 saturated carbocycles. The third kappa shape index (κ3) is 3.36. The van der Waals surface area contributed by atoms with Gasteiger partial charge in [-0.05, 0) is 6.26 Å². The first-order valence-electron chi connectivity index (χ1n) is 3.90. The number of thiazole rings is 1. The fourth-order valence-electron chi connectivity index (χ4n) is 0.787. The topological polar surface area (TPSA) is 34.4 Å². The van der Waals surface area contributed by atoms with Gasteiger partial charge in [0.1, 0.15) is 0 Å². The summed E-state index contributed by atoms with van der Waals surface area (Å²) < 4.78 is 1.85. The van der Waals surface area contributed by atoms with Crippen LogP contribution in [-0.4, -0.2) is 22.5 Å². The summed E-state index contributed by atoms with van der Waals surface area (Å²) in [6, 6.07) is 0. The molecule has 0 spiro atoms. The zero-order chi connectivity index (χ0) is 9.68. The minimum atomic E-state index is -0.0348. The highest BCUT2D eigenvalue weighted by Gasteiger charge is 1.98. The molecule has 0 radical (unpaired) electrons. The Morgan fingerprint density at radius 2 is 2.54 bits per heavy atom. The maximum atomic E-state index is 11.2. The molecule has 0 aliphatic rings. The SMILES string of the molecule is CSCCC(=O)N=c1sccn1C. The van der Waals surface area contributed by atoms with Gasteiger partial charge in [0.05, 0.1) is 0 Å². The Kier molecular flexibility index (Phi) is 4.24. The van der Waals surface area contributed by atoms with E-state index >= 15 is 0 Å². The number of carbonyl (C=O) groups is 1. The van der Waals surface area contributed by atoms with Gasteiger partial charge < -0.3 is 4.57 Å². The van der Waals surface area contributed by atoms with E-state index in [-0.39, 0.29) is 5.91 Å². The average Bonchev–Trinajstić information content (AvgIpc) is 2.48. The molecule has 3 nitrogen and oxygen atoms in total. The Morgan fingerprint density at radius 1 is 1.77 bits per heavy atom. The fraction of sp³-hybridized carbons (Fsp3) is 0.500. The van der Waals surface area contributed by atoms with Crippen molar-refractivity contribution in [2.75, 3.05) is 12.0 Å². The summed E-state index contributed by atoms with van der Waals surface area (Å²) in [5.74, 6) is 0.810. The van der Waals surface area contributed by atoms with Crippen LogP contribution in [0.25, 0.3) is 0 Å². The monoisotopic (exact) mass is 216 g/mol. The lowest BCUT2D eigenvalue weighted by atomic mass is 10.5. The lowest BCUT2D eigenvalue weighted by molar-refractivity contribution is -0.117. The van der Waals surface area contributed by atoms with Gasteiger partial charge in [0, 0.05) is 30.8 Å². The highest BCUT2D eigenvalue weighted by molar-refractivity contribution is 7.98. The zero-order valence-electron chi connectivity index (χ0n) is 7.69. The molecule has 0 bridgehead atoms. The third-order valence-corrected chi connectivity index (χ3v) is 2.96. The van der Waals surface area contributed by atoms with Crippen LogP contribution in [0.15, 0.2) is 16.6 Å². The number of aryl methyl sites for hydroxylation is 1. The van der Waals surface area contributed by atoms with Crippen molar-refractivity contribution in [3.63, 3.8) is 0 Å². The van der Waals surface area contributed by atoms with Crippen LogP contribution < -0.4 is 4.80 Å². The van der Waals surface area contributed by atoms with Crippen LogP contribution in [0, 0.1) is 0 Å². The predicted octanol–water partition coefficient (Wildman–Crippen LogP) is 1.27. The Balaban J connectivity index is 2.66. The van der Waals surface area contributed by atoms with Crippen molar-refractivity contribution in [1.82, 2.24) is 4.57 Å². The van der Waals surface area contributed by atoms with E-state index in [1.165, 1.54) is 11.3 Å². The van der Waals surface area contributed by atoms with Crippen LogP contribution in [0.1, 0.15) is 6.42 Å². The summed E-state index contributed by atoms with van der Waals surface area (Å²) in [6.07, 6.45) is 4.41. The van der Waals surface area contributed by atoms with Crippen molar-refractivity contribution < 1.29 is 4.79 Å². The van der Waals surface area contributed by atoms with E-state index in [0.29, 0.717) is 6.42 Å². The number of carbonyl (C=O) groups excluding carboxylic acids is 1. The number of hydrogen-bond donors (Lipinski definition) is 0. The zero-order valence-corrected chi connectivity index (χ0v) is 9.32.